The molecule has 26 heavy (non-hydrogen) atoms. The van der Waals surface area contributed by atoms with Crippen LogP contribution in [0.25, 0.3) is 5.82 Å². The second-order valence-corrected chi connectivity index (χ2v) is 7.67. The highest BCUT2D eigenvalue weighted by molar-refractivity contribution is 7.13. The number of hydrogen-bond acceptors (Lipinski definition) is 5. The van der Waals surface area contributed by atoms with E-state index in [9.17, 15) is 9.59 Å². The van der Waals surface area contributed by atoms with Crippen molar-refractivity contribution >= 4 is 17.2 Å². The van der Waals surface area contributed by atoms with Gasteiger partial charge in [-0.15, -0.1) is 11.3 Å². The number of amides is 1. The lowest BCUT2D eigenvalue weighted by atomic mass is 10.2. The molecule has 0 aliphatic carbocycles. The number of thiophene rings is 1. The van der Waals surface area contributed by atoms with E-state index < -0.39 is 0 Å². The van der Waals surface area contributed by atoms with Crippen LogP contribution in [0.4, 0.5) is 0 Å². The number of aromatic nitrogens is 4. The summed E-state index contributed by atoms with van der Waals surface area (Å²) in [6.45, 7) is 3.11. The molecule has 1 atom stereocenters. The highest BCUT2D eigenvalue weighted by atomic mass is 32.1. The van der Waals surface area contributed by atoms with Crippen LogP contribution >= 0.6 is 11.3 Å². The van der Waals surface area contributed by atoms with Crippen molar-refractivity contribution in [3.8, 4) is 5.82 Å². The second kappa shape index (κ2) is 6.87. The molecule has 1 saturated heterocycles. The highest BCUT2D eigenvalue weighted by Gasteiger charge is 2.30. The lowest BCUT2D eigenvalue weighted by molar-refractivity contribution is 0.0725. The number of hydrogen-bond donors (Lipinski definition) is 0. The molecule has 1 unspecified atom stereocenters. The van der Waals surface area contributed by atoms with Crippen molar-refractivity contribution in [1.82, 2.24) is 24.2 Å². The molecule has 0 bridgehead atoms. The Bertz CT molecular complexity index is 976. The molecule has 1 fully saturated rings. The normalized spacial score (nSPS) is 17.0. The minimum Gasteiger partial charge on any atom is -0.333 e. The Labute approximate surface area is 154 Å². The van der Waals surface area contributed by atoms with Gasteiger partial charge in [0.2, 0.25) is 0 Å². The Hall–Kier alpha value is -2.74. The van der Waals surface area contributed by atoms with Crippen LogP contribution in [-0.2, 0) is 6.54 Å². The van der Waals surface area contributed by atoms with Crippen LogP contribution in [0, 0.1) is 6.92 Å². The van der Waals surface area contributed by atoms with Crippen LogP contribution in [0.5, 0.6) is 0 Å². The van der Waals surface area contributed by atoms with E-state index in [1.165, 1.54) is 22.1 Å². The van der Waals surface area contributed by atoms with E-state index in [1.807, 2.05) is 24.0 Å². The summed E-state index contributed by atoms with van der Waals surface area (Å²) in [5.41, 5.74) is -0.167. The molecule has 1 amide bonds. The minimum absolute atomic E-state index is 0.0202. The summed E-state index contributed by atoms with van der Waals surface area (Å²) < 4.78 is 3.20. The zero-order chi connectivity index (χ0) is 18.1. The summed E-state index contributed by atoms with van der Waals surface area (Å²) in [7, 11) is 0. The first-order valence-electron chi connectivity index (χ1n) is 8.56. The number of likely N-dealkylation sites (tertiary alicyclic amines) is 1. The van der Waals surface area contributed by atoms with E-state index >= 15 is 0 Å². The van der Waals surface area contributed by atoms with Gasteiger partial charge in [-0.1, -0.05) is 0 Å². The Morgan fingerprint density at radius 2 is 2.19 bits per heavy atom. The largest absolute Gasteiger partial charge is 0.333 e. The fourth-order valence-electron chi connectivity index (χ4n) is 3.28. The summed E-state index contributed by atoms with van der Waals surface area (Å²) in [5.74, 6) is 0.677. The molecule has 0 saturated carbocycles. The number of rotatable bonds is 4. The molecular weight excluding hydrogens is 350 g/mol. The second-order valence-electron chi connectivity index (χ2n) is 6.39. The van der Waals surface area contributed by atoms with Gasteiger partial charge in [0.05, 0.1) is 17.5 Å². The first kappa shape index (κ1) is 16.7. The topological polar surface area (TPSA) is 73.0 Å². The molecule has 4 heterocycles. The number of carbonyl (C=O) groups excluding carboxylic acids is 1. The van der Waals surface area contributed by atoms with Gasteiger partial charge in [0.1, 0.15) is 6.33 Å². The number of imidazole rings is 1. The first-order chi connectivity index (χ1) is 12.6. The number of nitrogens with zero attached hydrogens (tertiary/aromatic N) is 5. The maximum atomic E-state index is 12.8. The third-order valence-corrected chi connectivity index (χ3v) is 5.58. The predicted molar refractivity (Wildman–Crippen MR) is 98.7 cm³/mol. The van der Waals surface area contributed by atoms with E-state index in [4.69, 9.17) is 0 Å². The maximum absolute atomic E-state index is 12.8. The summed E-state index contributed by atoms with van der Waals surface area (Å²) >= 11 is 1.51. The van der Waals surface area contributed by atoms with Gasteiger partial charge < -0.3 is 4.90 Å². The molecule has 0 N–H and O–H groups in total. The zero-order valence-electron chi connectivity index (χ0n) is 14.4. The van der Waals surface area contributed by atoms with Crippen LogP contribution < -0.4 is 5.56 Å². The van der Waals surface area contributed by atoms with Crippen LogP contribution in [0.1, 0.15) is 27.4 Å². The van der Waals surface area contributed by atoms with Crippen molar-refractivity contribution in [2.24, 2.45) is 0 Å². The van der Waals surface area contributed by atoms with Crippen molar-refractivity contribution in [2.45, 2.75) is 32.4 Å². The van der Waals surface area contributed by atoms with Gasteiger partial charge in [-0.25, -0.2) is 9.67 Å². The summed E-state index contributed by atoms with van der Waals surface area (Å²) in [4.78, 5) is 32.8. The molecule has 0 spiro atoms. The van der Waals surface area contributed by atoms with E-state index in [0.29, 0.717) is 12.4 Å². The van der Waals surface area contributed by atoms with E-state index in [0.717, 1.165) is 29.1 Å². The van der Waals surface area contributed by atoms with Gasteiger partial charge in [0.25, 0.3) is 11.5 Å². The van der Waals surface area contributed by atoms with E-state index in [-0.39, 0.29) is 17.5 Å². The monoisotopic (exact) mass is 369 g/mol. The lowest BCUT2D eigenvalue weighted by Crippen LogP contribution is -2.40. The molecule has 0 aromatic carbocycles. The van der Waals surface area contributed by atoms with Gasteiger partial charge in [-0.05, 0) is 38.0 Å². The minimum atomic E-state index is -0.167. The Balaban J connectivity index is 1.57. The molecule has 3 aromatic heterocycles. The molecule has 7 nitrogen and oxygen atoms in total. The molecule has 4 rings (SSSR count). The average Bonchev–Trinajstić information content (AvgIpc) is 3.37. The van der Waals surface area contributed by atoms with Gasteiger partial charge in [0.15, 0.2) is 5.82 Å². The van der Waals surface area contributed by atoms with Crippen LogP contribution in [-0.4, -0.2) is 42.7 Å². The van der Waals surface area contributed by atoms with Crippen molar-refractivity contribution in [2.75, 3.05) is 6.54 Å². The highest BCUT2D eigenvalue weighted by Crippen LogP contribution is 2.24. The third kappa shape index (κ3) is 3.20. The SMILES string of the molecule is Cc1ccc(C(=O)N2CCCC2Cn2nc(-n3ccnc3)ccc2=O)s1. The van der Waals surface area contributed by atoms with Gasteiger partial charge in [0, 0.05) is 29.9 Å². The average molecular weight is 369 g/mol. The quantitative estimate of drug-likeness (QED) is 0.706. The predicted octanol–water partition coefficient (Wildman–Crippen LogP) is 2.10. The Kier molecular flexibility index (Phi) is 4.42. The van der Waals surface area contributed by atoms with Crippen molar-refractivity contribution in [3.05, 3.63) is 63.1 Å². The molecule has 3 aromatic rings. The van der Waals surface area contributed by atoms with Gasteiger partial charge in [-0.3, -0.25) is 14.2 Å². The molecular formula is C18H19N5O2S. The molecule has 8 heteroatoms. The molecule has 1 aliphatic heterocycles. The zero-order valence-corrected chi connectivity index (χ0v) is 15.2. The van der Waals surface area contributed by atoms with Gasteiger partial charge in [-0.2, -0.15) is 5.10 Å². The smallest absolute Gasteiger partial charge is 0.266 e. The van der Waals surface area contributed by atoms with Crippen LogP contribution in [0.3, 0.4) is 0 Å². The fraction of sp³-hybridized carbons (Fsp3) is 0.333. The Morgan fingerprint density at radius 1 is 1.31 bits per heavy atom. The fourth-order valence-corrected chi connectivity index (χ4v) is 4.11. The van der Waals surface area contributed by atoms with Gasteiger partial charge >= 0.3 is 0 Å². The summed E-state index contributed by atoms with van der Waals surface area (Å²) in [6.07, 6.45) is 6.90. The molecule has 1 aliphatic rings. The maximum Gasteiger partial charge on any atom is 0.266 e. The standard InChI is InChI=1S/C18H19N5O2S/c1-13-4-5-15(26-13)18(25)22-9-2-3-14(22)11-23-17(24)7-6-16(20-23)21-10-8-19-12-21/h4-8,10,12,14H,2-3,9,11H2,1H3. The van der Waals surface area contributed by atoms with Crippen molar-refractivity contribution in [1.29, 1.82) is 0 Å². The molecule has 0 radical (unpaired) electrons. The van der Waals surface area contributed by atoms with E-state index in [1.54, 1.807) is 29.4 Å². The van der Waals surface area contributed by atoms with E-state index in [2.05, 4.69) is 10.1 Å². The number of aryl methyl sites for hydroxylation is 1. The molecule has 134 valence electrons. The van der Waals surface area contributed by atoms with Crippen LogP contribution in [0.15, 0.2) is 47.8 Å². The Morgan fingerprint density at radius 3 is 2.92 bits per heavy atom. The van der Waals surface area contributed by atoms with Crippen LogP contribution in [0.2, 0.25) is 0 Å². The third-order valence-electron chi connectivity index (χ3n) is 4.59. The van der Waals surface area contributed by atoms with Crippen molar-refractivity contribution < 1.29 is 4.79 Å². The summed E-state index contributed by atoms with van der Waals surface area (Å²) in [6, 6.07) is 7.00. The van der Waals surface area contributed by atoms with Crippen molar-refractivity contribution in [3.63, 3.8) is 0 Å². The summed E-state index contributed by atoms with van der Waals surface area (Å²) in [5, 5.41) is 4.44. The lowest BCUT2D eigenvalue weighted by Gasteiger charge is -2.24. The number of carbonyl (C=O) groups is 1. The first-order valence-corrected chi connectivity index (χ1v) is 9.37.